The number of anilines is 1. The highest BCUT2D eigenvalue weighted by Crippen LogP contribution is 2.23. The average Bonchev–Trinajstić information content (AvgIpc) is 2.43. The Morgan fingerprint density at radius 2 is 2.00 bits per heavy atom. The van der Waals surface area contributed by atoms with Gasteiger partial charge in [0.25, 0.3) is 0 Å². The van der Waals surface area contributed by atoms with Crippen molar-refractivity contribution in [1.82, 2.24) is 10.3 Å². The number of rotatable bonds is 5. The van der Waals surface area contributed by atoms with E-state index in [-0.39, 0.29) is 11.9 Å². The van der Waals surface area contributed by atoms with Crippen molar-refractivity contribution < 1.29 is 4.39 Å². The SMILES string of the molecule is CCNC(Cc1ccc(F)cc1)c1cc(C)cnc1N. The van der Waals surface area contributed by atoms with Crippen molar-refractivity contribution in [2.24, 2.45) is 0 Å². The normalized spacial score (nSPS) is 12.3. The van der Waals surface area contributed by atoms with E-state index in [4.69, 9.17) is 5.73 Å². The Morgan fingerprint density at radius 1 is 1.30 bits per heavy atom. The van der Waals surface area contributed by atoms with E-state index in [0.29, 0.717) is 5.82 Å². The number of nitrogens with zero attached hydrogens (tertiary/aromatic N) is 1. The van der Waals surface area contributed by atoms with Crippen LogP contribution in [0.25, 0.3) is 0 Å². The number of aromatic nitrogens is 1. The first-order valence-electron chi connectivity index (χ1n) is 6.80. The zero-order valence-corrected chi connectivity index (χ0v) is 11.9. The minimum absolute atomic E-state index is 0.0814. The van der Waals surface area contributed by atoms with E-state index < -0.39 is 0 Å². The molecule has 0 aliphatic carbocycles. The molecule has 1 heterocycles. The van der Waals surface area contributed by atoms with Crippen LogP contribution in [0.3, 0.4) is 0 Å². The minimum atomic E-state index is -0.217. The van der Waals surface area contributed by atoms with Crippen molar-refractivity contribution in [3.8, 4) is 0 Å². The zero-order chi connectivity index (χ0) is 14.5. The smallest absolute Gasteiger partial charge is 0.128 e. The highest BCUT2D eigenvalue weighted by Gasteiger charge is 2.15. The van der Waals surface area contributed by atoms with Crippen LogP contribution in [0.4, 0.5) is 10.2 Å². The van der Waals surface area contributed by atoms with Crippen LogP contribution in [-0.2, 0) is 6.42 Å². The summed E-state index contributed by atoms with van der Waals surface area (Å²) in [6.07, 6.45) is 2.52. The molecule has 4 heteroatoms. The summed E-state index contributed by atoms with van der Waals surface area (Å²) in [7, 11) is 0. The maximum Gasteiger partial charge on any atom is 0.128 e. The topological polar surface area (TPSA) is 50.9 Å². The summed E-state index contributed by atoms with van der Waals surface area (Å²) in [4.78, 5) is 4.22. The summed E-state index contributed by atoms with van der Waals surface area (Å²) in [6.45, 7) is 4.88. The first kappa shape index (κ1) is 14.5. The van der Waals surface area contributed by atoms with Crippen LogP contribution in [0.1, 0.15) is 29.7 Å². The van der Waals surface area contributed by atoms with Crippen LogP contribution in [-0.4, -0.2) is 11.5 Å². The Balaban J connectivity index is 2.26. The van der Waals surface area contributed by atoms with Gasteiger partial charge in [0.2, 0.25) is 0 Å². The maximum absolute atomic E-state index is 13.0. The van der Waals surface area contributed by atoms with Gasteiger partial charge in [0.05, 0.1) is 0 Å². The molecular weight excluding hydrogens is 253 g/mol. The van der Waals surface area contributed by atoms with Crippen LogP contribution in [0, 0.1) is 12.7 Å². The Labute approximate surface area is 119 Å². The summed E-state index contributed by atoms with van der Waals surface area (Å²) >= 11 is 0. The molecule has 0 aliphatic heterocycles. The number of likely N-dealkylation sites (N-methyl/N-ethyl adjacent to an activating group) is 1. The monoisotopic (exact) mass is 273 g/mol. The second-order valence-electron chi connectivity index (χ2n) is 4.93. The summed E-state index contributed by atoms with van der Waals surface area (Å²) in [5, 5.41) is 3.42. The Bertz CT molecular complexity index is 566. The van der Waals surface area contributed by atoms with Crippen LogP contribution in [0.5, 0.6) is 0 Å². The molecule has 0 aliphatic rings. The molecule has 0 radical (unpaired) electrons. The van der Waals surface area contributed by atoms with Gasteiger partial charge in [0.1, 0.15) is 11.6 Å². The second kappa shape index (κ2) is 6.48. The highest BCUT2D eigenvalue weighted by molar-refractivity contribution is 5.43. The van der Waals surface area contributed by atoms with Gasteiger partial charge in [-0.2, -0.15) is 0 Å². The molecule has 0 saturated carbocycles. The average molecular weight is 273 g/mol. The Morgan fingerprint density at radius 3 is 2.65 bits per heavy atom. The van der Waals surface area contributed by atoms with Crippen molar-refractivity contribution in [1.29, 1.82) is 0 Å². The number of aryl methyl sites for hydroxylation is 1. The van der Waals surface area contributed by atoms with Gasteiger partial charge in [-0.05, 0) is 49.2 Å². The molecule has 20 heavy (non-hydrogen) atoms. The van der Waals surface area contributed by atoms with Crippen LogP contribution in [0.15, 0.2) is 36.5 Å². The van der Waals surface area contributed by atoms with Crippen LogP contribution < -0.4 is 11.1 Å². The zero-order valence-electron chi connectivity index (χ0n) is 11.9. The van der Waals surface area contributed by atoms with Crippen molar-refractivity contribution in [3.63, 3.8) is 0 Å². The van der Waals surface area contributed by atoms with Gasteiger partial charge in [-0.3, -0.25) is 0 Å². The molecule has 1 aromatic carbocycles. The third-order valence-corrected chi connectivity index (χ3v) is 3.27. The van der Waals surface area contributed by atoms with E-state index in [1.54, 1.807) is 18.3 Å². The lowest BCUT2D eigenvalue weighted by Gasteiger charge is -2.20. The second-order valence-corrected chi connectivity index (χ2v) is 4.93. The molecule has 3 nitrogen and oxygen atoms in total. The predicted octanol–water partition coefficient (Wildman–Crippen LogP) is 3.00. The molecule has 0 amide bonds. The van der Waals surface area contributed by atoms with Gasteiger partial charge < -0.3 is 11.1 Å². The summed E-state index contributed by atoms with van der Waals surface area (Å²) in [5.74, 6) is 0.328. The van der Waals surface area contributed by atoms with Gasteiger partial charge in [0.15, 0.2) is 0 Å². The number of nitrogen functional groups attached to an aromatic ring is 1. The van der Waals surface area contributed by atoms with Gasteiger partial charge in [0, 0.05) is 17.8 Å². The fourth-order valence-electron chi connectivity index (χ4n) is 2.28. The minimum Gasteiger partial charge on any atom is -0.383 e. The van der Waals surface area contributed by atoms with Crippen molar-refractivity contribution in [3.05, 3.63) is 59.0 Å². The molecule has 106 valence electrons. The number of benzene rings is 1. The van der Waals surface area contributed by atoms with Crippen molar-refractivity contribution >= 4 is 5.82 Å². The van der Waals surface area contributed by atoms with E-state index >= 15 is 0 Å². The van der Waals surface area contributed by atoms with E-state index in [9.17, 15) is 4.39 Å². The van der Waals surface area contributed by atoms with Crippen LogP contribution in [0.2, 0.25) is 0 Å². The number of hydrogen-bond acceptors (Lipinski definition) is 3. The fourth-order valence-corrected chi connectivity index (χ4v) is 2.28. The molecule has 0 bridgehead atoms. The quantitative estimate of drug-likeness (QED) is 0.880. The third kappa shape index (κ3) is 3.54. The van der Waals surface area contributed by atoms with E-state index in [1.807, 2.05) is 6.92 Å². The molecular formula is C16H20FN3. The van der Waals surface area contributed by atoms with Crippen molar-refractivity contribution in [2.45, 2.75) is 26.3 Å². The van der Waals surface area contributed by atoms with Crippen LogP contribution >= 0.6 is 0 Å². The number of hydrogen-bond donors (Lipinski definition) is 2. The fraction of sp³-hybridized carbons (Fsp3) is 0.312. The molecule has 2 aromatic rings. The van der Waals surface area contributed by atoms with Gasteiger partial charge in [-0.1, -0.05) is 19.1 Å². The van der Waals surface area contributed by atoms with Gasteiger partial charge >= 0.3 is 0 Å². The molecule has 1 aromatic heterocycles. The molecule has 1 atom stereocenters. The molecule has 3 N–H and O–H groups in total. The molecule has 2 rings (SSSR count). The predicted molar refractivity (Wildman–Crippen MR) is 79.9 cm³/mol. The van der Waals surface area contributed by atoms with E-state index in [0.717, 1.165) is 29.7 Å². The number of halogens is 1. The van der Waals surface area contributed by atoms with E-state index in [2.05, 4.69) is 23.3 Å². The third-order valence-electron chi connectivity index (χ3n) is 3.27. The van der Waals surface area contributed by atoms with E-state index in [1.165, 1.54) is 12.1 Å². The Hall–Kier alpha value is -1.94. The lowest BCUT2D eigenvalue weighted by molar-refractivity contribution is 0.548. The lowest BCUT2D eigenvalue weighted by Crippen LogP contribution is -2.24. The van der Waals surface area contributed by atoms with Crippen molar-refractivity contribution in [2.75, 3.05) is 12.3 Å². The maximum atomic E-state index is 13.0. The number of pyridine rings is 1. The number of nitrogens with two attached hydrogens (primary N) is 1. The van der Waals surface area contributed by atoms with Gasteiger partial charge in [-0.15, -0.1) is 0 Å². The molecule has 1 unspecified atom stereocenters. The summed E-state index contributed by atoms with van der Waals surface area (Å²) < 4.78 is 13.0. The Kier molecular flexibility index (Phi) is 4.69. The molecule has 0 saturated heterocycles. The summed E-state index contributed by atoms with van der Waals surface area (Å²) in [5.41, 5.74) is 9.13. The first-order valence-corrected chi connectivity index (χ1v) is 6.80. The molecule has 0 fully saturated rings. The standard InChI is InChI=1S/C16H20FN3/c1-3-19-15(9-12-4-6-13(17)7-5-12)14-8-11(2)10-20-16(14)18/h4-8,10,15,19H,3,9H2,1-2H3,(H2,18,20). The largest absolute Gasteiger partial charge is 0.383 e. The number of nitrogens with one attached hydrogen (secondary N) is 1. The highest BCUT2D eigenvalue weighted by atomic mass is 19.1. The summed E-state index contributed by atoms with van der Waals surface area (Å²) in [6, 6.07) is 8.71. The molecule has 0 spiro atoms. The first-order chi connectivity index (χ1) is 9.60. The lowest BCUT2D eigenvalue weighted by atomic mass is 9.98. The van der Waals surface area contributed by atoms with Gasteiger partial charge in [-0.25, -0.2) is 9.37 Å².